The number of carboxylic acids is 1. The maximum absolute atomic E-state index is 15.0. The molecule has 1 fully saturated rings. The number of carbonyl (C=O) groups is 1. The van der Waals surface area contributed by atoms with Gasteiger partial charge in [-0.2, -0.15) is 0 Å². The molecule has 0 bridgehead atoms. The standard InChI is InChI=1S/C21H17F5N4O4/c22-11-3-9-14(5-15(11)29-2-1-8(6-29)16(31)18(25)26)30(7-10(17(9)32)21(33)34)20-13(24)4-12(23)19(27)28-20/h3-5,7-8,16,18,31H,1-2,6H2,(H2,27,28)(H,33,34)/t8-,16+/m1/s1. The smallest absolute Gasteiger partial charge is 0.341 e. The van der Waals surface area contributed by atoms with Crippen LogP contribution < -0.4 is 16.1 Å². The summed E-state index contributed by atoms with van der Waals surface area (Å²) in [5.41, 5.74) is 3.20. The van der Waals surface area contributed by atoms with Crippen LogP contribution in [0.25, 0.3) is 16.7 Å². The minimum Gasteiger partial charge on any atom is -0.477 e. The van der Waals surface area contributed by atoms with E-state index in [2.05, 4.69) is 4.98 Å². The maximum Gasteiger partial charge on any atom is 0.341 e. The Morgan fingerprint density at radius 3 is 2.50 bits per heavy atom. The van der Waals surface area contributed by atoms with Gasteiger partial charge < -0.3 is 20.8 Å². The van der Waals surface area contributed by atoms with Gasteiger partial charge in [-0.05, 0) is 18.6 Å². The van der Waals surface area contributed by atoms with Crippen molar-refractivity contribution in [1.82, 2.24) is 9.55 Å². The number of aliphatic hydroxyl groups is 1. The van der Waals surface area contributed by atoms with Gasteiger partial charge in [-0.3, -0.25) is 9.36 Å². The number of pyridine rings is 2. The molecule has 4 rings (SSSR count). The number of aliphatic hydroxyl groups excluding tert-OH is 1. The number of aromatic carboxylic acids is 1. The van der Waals surface area contributed by atoms with Gasteiger partial charge in [0.2, 0.25) is 5.43 Å². The third-order valence-electron chi connectivity index (χ3n) is 5.78. The van der Waals surface area contributed by atoms with Gasteiger partial charge in [-0.15, -0.1) is 0 Å². The summed E-state index contributed by atoms with van der Waals surface area (Å²) in [6, 6.07) is 2.27. The topological polar surface area (TPSA) is 122 Å². The molecule has 0 radical (unpaired) electrons. The number of alkyl halides is 2. The van der Waals surface area contributed by atoms with Crippen molar-refractivity contribution in [2.75, 3.05) is 23.7 Å². The largest absolute Gasteiger partial charge is 0.477 e. The first-order valence-corrected chi connectivity index (χ1v) is 9.94. The van der Waals surface area contributed by atoms with Crippen LogP contribution in [0.2, 0.25) is 0 Å². The fourth-order valence-corrected chi connectivity index (χ4v) is 4.03. The van der Waals surface area contributed by atoms with E-state index in [0.29, 0.717) is 6.07 Å². The van der Waals surface area contributed by atoms with E-state index in [9.17, 15) is 41.8 Å². The molecule has 1 aromatic carbocycles. The molecule has 1 aliphatic heterocycles. The second kappa shape index (κ2) is 8.56. The van der Waals surface area contributed by atoms with Crippen LogP contribution in [0.15, 0.2) is 29.2 Å². The highest BCUT2D eigenvalue weighted by molar-refractivity contribution is 5.94. The summed E-state index contributed by atoms with van der Waals surface area (Å²) in [6.07, 6.45) is -4.00. The number of benzene rings is 1. The molecule has 34 heavy (non-hydrogen) atoms. The highest BCUT2D eigenvalue weighted by Gasteiger charge is 2.34. The minimum absolute atomic E-state index is 0.102. The van der Waals surface area contributed by atoms with Crippen LogP contribution in [0.3, 0.4) is 0 Å². The lowest BCUT2D eigenvalue weighted by Gasteiger charge is -2.22. The molecule has 1 saturated heterocycles. The van der Waals surface area contributed by atoms with Crippen LogP contribution in [0, 0.1) is 23.4 Å². The number of rotatable bonds is 5. The number of halogens is 5. The number of hydrogen-bond donors (Lipinski definition) is 3. The molecule has 1 aliphatic rings. The van der Waals surface area contributed by atoms with Crippen LogP contribution in [0.4, 0.5) is 33.5 Å². The zero-order valence-electron chi connectivity index (χ0n) is 17.2. The van der Waals surface area contributed by atoms with Crippen molar-refractivity contribution in [1.29, 1.82) is 0 Å². The van der Waals surface area contributed by atoms with E-state index < -0.39 is 69.9 Å². The van der Waals surface area contributed by atoms with Crippen molar-refractivity contribution in [2.24, 2.45) is 5.92 Å². The first kappa shape index (κ1) is 23.4. The average Bonchev–Trinajstić information content (AvgIpc) is 3.25. The molecule has 0 amide bonds. The minimum atomic E-state index is -2.98. The van der Waals surface area contributed by atoms with Gasteiger partial charge in [0.05, 0.1) is 16.6 Å². The predicted octanol–water partition coefficient (Wildman–Crippen LogP) is 2.54. The number of nitrogens with two attached hydrogens (primary N) is 1. The molecule has 8 nitrogen and oxygen atoms in total. The van der Waals surface area contributed by atoms with E-state index in [-0.39, 0.29) is 30.7 Å². The molecule has 2 atom stereocenters. The molecule has 3 heterocycles. The van der Waals surface area contributed by atoms with Crippen LogP contribution >= 0.6 is 0 Å². The highest BCUT2D eigenvalue weighted by atomic mass is 19.3. The van der Waals surface area contributed by atoms with Gasteiger partial charge >= 0.3 is 5.97 Å². The van der Waals surface area contributed by atoms with Gasteiger partial charge in [-0.25, -0.2) is 31.7 Å². The molecule has 180 valence electrons. The monoisotopic (exact) mass is 484 g/mol. The third-order valence-corrected chi connectivity index (χ3v) is 5.78. The summed E-state index contributed by atoms with van der Waals surface area (Å²) in [6.45, 7) is -0.0219. The number of nitrogen functional groups attached to an aromatic ring is 1. The lowest BCUT2D eigenvalue weighted by atomic mass is 10.0. The third kappa shape index (κ3) is 3.91. The number of aromatic nitrogens is 2. The number of carboxylic acid groups (broad SMARTS) is 1. The van der Waals surface area contributed by atoms with Crippen molar-refractivity contribution in [3.63, 3.8) is 0 Å². The van der Waals surface area contributed by atoms with E-state index >= 15 is 0 Å². The molecular weight excluding hydrogens is 467 g/mol. The summed E-state index contributed by atoms with van der Waals surface area (Å²) in [5, 5.41) is 18.6. The molecule has 2 aromatic heterocycles. The van der Waals surface area contributed by atoms with Crippen molar-refractivity contribution >= 4 is 28.4 Å². The Morgan fingerprint density at radius 1 is 1.15 bits per heavy atom. The normalized spacial score (nSPS) is 17.0. The van der Waals surface area contributed by atoms with Gasteiger partial charge in [0.1, 0.15) is 17.5 Å². The van der Waals surface area contributed by atoms with E-state index in [4.69, 9.17) is 5.73 Å². The SMILES string of the molecule is Nc1nc(-n2cc(C(=O)O)c(=O)c3cc(F)c(N4CC[C@@H]([C@H](O)C(F)F)C4)cc32)c(F)cc1F. The van der Waals surface area contributed by atoms with Gasteiger partial charge in [0.15, 0.2) is 23.3 Å². The molecule has 0 spiro atoms. The van der Waals surface area contributed by atoms with Crippen molar-refractivity contribution < 1.29 is 37.0 Å². The summed E-state index contributed by atoms with van der Waals surface area (Å²) >= 11 is 0. The zero-order valence-corrected chi connectivity index (χ0v) is 17.2. The summed E-state index contributed by atoms with van der Waals surface area (Å²) in [4.78, 5) is 29.2. The van der Waals surface area contributed by atoms with Crippen molar-refractivity contribution in [3.05, 3.63) is 57.6 Å². The Bertz CT molecular complexity index is 1360. The highest BCUT2D eigenvalue weighted by Crippen LogP contribution is 2.33. The van der Waals surface area contributed by atoms with E-state index in [1.54, 1.807) is 0 Å². The molecule has 4 N–H and O–H groups in total. The maximum atomic E-state index is 15.0. The number of anilines is 2. The van der Waals surface area contributed by atoms with Crippen LogP contribution in [0.5, 0.6) is 0 Å². The Labute approximate surface area is 187 Å². The predicted molar refractivity (Wildman–Crippen MR) is 111 cm³/mol. The molecule has 0 aliphatic carbocycles. The molecule has 0 saturated carbocycles. The molecular formula is C21H17F5N4O4. The Kier molecular flexibility index (Phi) is 5.89. The van der Waals surface area contributed by atoms with Gasteiger partial charge in [0, 0.05) is 31.3 Å². The molecule has 3 aromatic rings. The van der Waals surface area contributed by atoms with E-state index in [0.717, 1.165) is 22.9 Å². The first-order chi connectivity index (χ1) is 16.0. The second-order valence-corrected chi connectivity index (χ2v) is 7.85. The fraction of sp³-hybridized carbons (Fsp3) is 0.286. The first-order valence-electron chi connectivity index (χ1n) is 9.94. The average molecular weight is 484 g/mol. The van der Waals surface area contributed by atoms with Crippen molar-refractivity contribution in [2.45, 2.75) is 19.0 Å². The zero-order chi connectivity index (χ0) is 24.9. The summed E-state index contributed by atoms with van der Waals surface area (Å²) in [5.74, 6) is -7.23. The lowest BCUT2D eigenvalue weighted by molar-refractivity contribution is -0.0334. The van der Waals surface area contributed by atoms with E-state index in [1.807, 2.05) is 0 Å². The van der Waals surface area contributed by atoms with Crippen LogP contribution in [-0.2, 0) is 0 Å². The number of nitrogens with zero attached hydrogens (tertiary/aromatic N) is 3. The quantitative estimate of drug-likeness (QED) is 0.476. The van der Waals surface area contributed by atoms with Crippen molar-refractivity contribution in [3.8, 4) is 5.82 Å². The van der Waals surface area contributed by atoms with Crippen LogP contribution in [0.1, 0.15) is 16.8 Å². The lowest BCUT2D eigenvalue weighted by Crippen LogP contribution is -2.31. The Morgan fingerprint density at radius 2 is 1.85 bits per heavy atom. The van der Waals surface area contributed by atoms with Gasteiger partial charge in [-0.1, -0.05) is 0 Å². The Hall–Kier alpha value is -3.74. The summed E-state index contributed by atoms with van der Waals surface area (Å²) < 4.78 is 69.8. The second-order valence-electron chi connectivity index (χ2n) is 7.85. The van der Waals surface area contributed by atoms with Crippen LogP contribution in [-0.4, -0.2) is 51.4 Å². The Balaban J connectivity index is 1.93. The number of fused-ring (bicyclic) bond motifs is 1. The molecule has 13 heteroatoms. The summed E-state index contributed by atoms with van der Waals surface area (Å²) in [7, 11) is 0. The van der Waals surface area contributed by atoms with Gasteiger partial charge in [0.25, 0.3) is 6.43 Å². The number of hydrogen-bond acceptors (Lipinski definition) is 6. The van der Waals surface area contributed by atoms with E-state index in [1.165, 1.54) is 4.90 Å². The fourth-order valence-electron chi connectivity index (χ4n) is 4.03. The molecule has 0 unspecified atom stereocenters.